The summed E-state index contributed by atoms with van der Waals surface area (Å²) in [5, 5.41) is 3.72. The zero-order chi connectivity index (χ0) is 14.1. The summed E-state index contributed by atoms with van der Waals surface area (Å²) in [6, 6.07) is 5.79. The topological polar surface area (TPSA) is 39.7 Å². The van der Waals surface area contributed by atoms with Gasteiger partial charge in [0.15, 0.2) is 11.5 Å². The smallest absolute Gasteiger partial charge is 0.162 e. The van der Waals surface area contributed by atoms with E-state index in [1.54, 1.807) is 14.2 Å². The summed E-state index contributed by atoms with van der Waals surface area (Å²) in [5.41, 5.74) is 1.10. The van der Waals surface area contributed by atoms with E-state index >= 15 is 0 Å². The van der Waals surface area contributed by atoms with Gasteiger partial charge >= 0.3 is 0 Å². The van der Waals surface area contributed by atoms with E-state index in [-0.39, 0.29) is 6.61 Å². The lowest BCUT2D eigenvalue weighted by Gasteiger charge is -2.12. The molecule has 0 bridgehead atoms. The minimum atomic E-state index is 0.262. The minimum Gasteiger partial charge on any atom is -0.493 e. The van der Waals surface area contributed by atoms with Crippen LogP contribution in [0.15, 0.2) is 29.8 Å². The summed E-state index contributed by atoms with van der Waals surface area (Å²) in [5.74, 6) is 1.34. The molecule has 0 amide bonds. The first kappa shape index (κ1) is 15.8. The fourth-order valence-corrected chi connectivity index (χ4v) is 1.56. The molecule has 0 heterocycles. The lowest BCUT2D eigenvalue weighted by molar-refractivity contribution is 0.199. The quantitative estimate of drug-likeness (QED) is 0.708. The second-order valence-electron chi connectivity index (χ2n) is 3.96. The van der Waals surface area contributed by atoms with E-state index in [0.29, 0.717) is 23.1 Å². The summed E-state index contributed by atoms with van der Waals surface area (Å²) in [6.07, 6.45) is 0. The molecule has 0 saturated heterocycles. The maximum Gasteiger partial charge on any atom is 0.162 e. The molecule has 0 radical (unpaired) electrons. The minimum absolute atomic E-state index is 0.262. The zero-order valence-electron chi connectivity index (χ0n) is 11.4. The first-order chi connectivity index (χ1) is 9.17. The number of rotatable bonds is 9. The van der Waals surface area contributed by atoms with E-state index in [0.717, 1.165) is 18.7 Å². The molecule has 0 spiro atoms. The third-order valence-corrected chi connectivity index (χ3v) is 2.53. The lowest BCUT2D eigenvalue weighted by Crippen LogP contribution is -2.18. The molecule has 0 aromatic heterocycles. The third-order valence-electron chi connectivity index (χ3n) is 2.42. The van der Waals surface area contributed by atoms with Crippen molar-refractivity contribution in [3.05, 3.63) is 35.4 Å². The van der Waals surface area contributed by atoms with Crippen LogP contribution in [0.4, 0.5) is 0 Å². The van der Waals surface area contributed by atoms with Crippen molar-refractivity contribution in [1.29, 1.82) is 0 Å². The number of methoxy groups -OCH3 is 2. The standard InChI is InChI=1S/C14H20ClNO3/c1-11(15)10-19-14-8-12(4-5-13(14)18-3)9-16-6-7-17-2/h4-5,8,16H,1,6-7,9-10H2,2-3H3. The van der Waals surface area contributed by atoms with Gasteiger partial charge in [-0.1, -0.05) is 24.2 Å². The summed E-state index contributed by atoms with van der Waals surface area (Å²) in [7, 11) is 3.29. The molecule has 0 saturated carbocycles. The van der Waals surface area contributed by atoms with Crippen LogP contribution in [0, 0.1) is 0 Å². The first-order valence-electron chi connectivity index (χ1n) is 6.00. The highest BCUT2D eigenvalue weighted by atomic mass is 35.5. The van der Waals surface area contributed by atoms with E-state index in [9.17, 15) is 0 Å². The average Bonchev–Trinajstić information content (AvgIpc) is 2.41. The molecule has 4 nitrogen and oxygen atoms in total. The predicted octanol–water partition coefficient (Wildman–Crippen LogP) is 2.56. The van der Waals surface area contributed by atoms with Crippen LogP contribution < -0.4 is 14.8 Å². The summed E-state index contributed by atoms with van der Waals surface area (Å²) >= 11 is 5.69. The summed E-state index contributed by atoms with van der Waals surface area (Å²) in [6.45, 7) is 6.08. The van der Waals surface area contributed by atoms with Crippen molar-refractivity contribution >= 4 is 11.6 Å². The van der Waals surface area contributed by atoms with E-state index in [2.05, 4.69) is 11.9 Å². The van der Waals surface area contributed by atoms with Gasteiger partial charge in [-0.2, -0.15) is 0 Å². The van der Waals surface area contributed by atoms with Crippen molar-refractivity contribution in [2.45, 2.75) is 6.54 Å². The Morgan fingerprint density at radius 3 is 2.74 bits per heavy atom. The Hall–Kier alpha value is -1.23. The lowest BCUT2D eigenvalue weighted by atomic mass is 10.2. The number of hydrogen-bond donors (Lipinski definition) is 1. The van der Waals surface area contributed by atoms with Crippen LogP contribution in [0.25, 0.3) is 0 Å². The van der Waals surface area contributed by atoms with Gasteiger partial charge in [0.2, 0.25) is 0 Å². The molecule has 5 heteroatoms. The number of nitrogens with one attached hydrogen (secondary N) is 1. The van der Waals surface area contributed by atoms with Crippen LogP contribution in [0.2, 0.25) is 0 Å². The average molecular weight is 286 g/mol. The molecule has 0 atom stereocenters. The molecule has 1 rings (SSSR count). The van der Waals surface area contributed by atoms with Gasteiger partial charge in [0, 0.05) is 25.2 Å². The molecule has 1 N–H and O–H groups in total. The maximum absolute atomic E-state index is 5.69. The zero-order valence-corrected chi connectivity index (χ0v) is 12.1. The van der Waals surface area contributed by atoms with Crippen LogP contribution in [-0.4, -0.2) is 34.0 Å². The fraction of sp³-hybridized carbons (Fsp3) is 0.429. The second kappa shape index (κ2) is 8.80. The molecule has 0 aliphatic rings. The highest BCUT2D eigenvalue weighted by Crippen LogP contribution is 2.28. The molecule has 0 aliphatic heterocycles. The second-order valence-corrected chi connectivity index (χ2v) is 4.50. The van der Waals surface area contributed by atoms with Crippen LogP contribution in [0.1, 0.15) is 5.56 Å². The predicted molar refractivity (Wildman–Crippen MR) is 77.1 cm³/mol. The van der Waals surface area contributed by atoms with Gasteiger partial charge in [-0.05, 0) is 17.7 Å². The van der Waals surface area contributed by atoms with Gasteiger partial charge in [0.1, 0.15) is 6.61 Å². The molecule has 0 unspecified atom stereocenters. The van der Waals surface area contributed by atoms with Crippen molar-refractivity contribution in [3.8, 4) is 11.5 Å². The van der Waals surface area contributed by atoms with Crippen LogP contribution >= 0.6 is 11.6 Å². The van der Waals surface area contributed by atoms with Crippen LogP contribution in [0.3, 0.4) is 0 Å². The van der Waals surface area contributed by atoms with Crippen molar-refractivity contribution in [1.82, 2.24) is 5.32 Å². The Morgan fingerprint density at radius 1 is 1.32 bits per heavy atom. The maximum atomic E-state index is 5.69. The Balaban J connectivity index is 2.63. The van der Waals surface area contributed by atoms with E-state index in [1.165, 1.54) is 0 Å². The Morgan fingerprint density at radius 2 is 2.11 bits per heavy atom. The van der Waals surface area contributed by atoms with Gasteiger partial charge < -0.3 is 19.5 Å². The normalized spacial score (nSPS) is 10.3. The number of ether oxygens (including phenoxy) is 3. The van der Waals surface area contributed by atoms with E-state index in [1.807, 2.05) is 18.2 Å². The van der Waals surface area contributed by atoms with E-state index < -0.39 is 0 Å². The highest BCUT2D eigenvalue weighted by molar-refractivity contribution is 6.29. The van der Waals surface area contributed by atoms with Gasteiger partial charge in [0.25, 0.3) is 0 Å². The molecule has 1 aromatic rings. The molecule has 0 aliphatic carbocycles. The van der Waals surface area contributed by atoms with Crippen molar-refractivity contribution in [3.63, 3.8) is 0 Å². The number of hydrogen-bond acceptors (Lipinski definition) is 4. The Bertz CT molecular complexity index is 410. The summed E-state index contributed by atoms with van der Waals surface area (Å²) < 4.78 is 15.8. The number of benzene rings is 1. The monoisotopic (exact) mass is 285 g/mol. The number of halogens is 1. The fourth-order valence-electron chi connectivity index (χ4n) is 1.51. The van der Waals surface area contributed by atoms with Crippen molar-refractivity contribution in [2.75, 3.05) is 34.0 Å². The van der Waals surface area contributed by atoms with Gasteiger partial charge in [-0.25, -0.2) is 0 Å². The molecule has 19 heavy (non-hydrogen) atoms. The largest absolute Gasteiger partial charge is 0.493 e. The molecular weight excluding hydrogens is 266 g/mol. The van der Waals surface area contributed by atoms with Crippen LogP contribution in [0.5, 0.6) is 11.5 Å². The van der Waals surface area contributed by atoms with Gasteiger partial charge in [-0.15, -0.1) is 0 Å². The summed E-state index contributed by atoms with van der Waals surface area (Å²) in [4.78, 5) is 0. The highest BCUT2D eigenvalue weighted by Gasteiger charge is 2.06. The molecule has 106 valence electrons. The SMILES string of the molecule is C=C(Cl)COc1cc(CNCCOC)ccc1OC. The Labute approximate surface area is 119 Å². The third kappa shape index (κ3) is 5.96. The van der Waals surface area contributed by atoms with Crippen LogP contribution in [-0.2, 0) is 11.3 Å². The van der Waals surface area contributed by atoms with Gasteiger partial charge in [0.05, 0.1) is 13.7 Å². The molecule has 0 fully saturated rings. The molecular formula is C14H20ClNO3. The van der Waals surface area contributed by atoms with Gasteiger partial charge in [-0.3, -0.25) is 0 Å². The van der Waals surface area contributed by atoms with Crippen molar-refractivity contribution < 1.29 is 14.2 Å². The first-order valence-corrected chi connectivity index (χ1v) is 6.37. The van der Waals surface area contributed by atoms with E-state index in [4.69, 9.17) is 25.8 Å². The Kier molecular flexibility index (Phi) is 7.33. The molecule has 1 aromatic carbocycles. The van der Waals surface area contributed by atoms with Crippen molar-refractivity contribution in [2.24, 2.45) is 0 Å².